The topological polar surface area (TPSA) is 32.7 Å². The van der Waals surface area contributed by atoms with Crippen molar-refractivity contribution in [2.45, 2.75) is 13.0 Å². The van der Waals surface area contributed by atoms with E-state index in [4.69, 9.17) is 16.3 Å². The van der Waals surface area contributed by atoms with Crippen molar-refractivity contribution in [1.29, 1.82) is 0 Å². The minimum atomic E-state index is -0.476. The lowest BCUT2D eigenvalue weighted by molar-refractivity contribution is 0.122. The van der Waals surface area contributed by atoms with Gasteiger partial charge >= 0.3 is 0 Å². The second-order valence-corrected chi connectivity index (χ2v) is 4.39. The van der Waals surface area contributed by atoms with E-state index in [-0.39, 0.29) is 0 Å². The van der Waals surface area contributed by atoms with Crippen LogP contribution in [-0.2, 0) is 4.74 Å². The van der Waals surface area contributed by atoms with Gasteiger partial charge in [-0.15, -0.1) is 0 Å². The molecule has 0 bridgehead atoms. The number of hydrogen-bond donors (Lipinski definition) is 1. The van der Waals surface area contributed by atoms with Crippen LogP contribution in [0.3, 0.4) is 0 Å². The Morgan fingerprint density at radius 3 is 2.62 bits per heavy atom. The van der Waals surface area contributed by atoms with E-state index in [1.165, 1.54) is 0 Å². The van der Waals surface area contributed by atoms with Gasteiger partial charge < -0.3 is 14.7 Å². The van der Waals surface area contributed by atoms with Gasteiger partial charge in [-0.2, -0.15) is 0 Å². The molecular weight excluding hydrogens is 226 g/mol. The highest BCUT2D eigenvalue weighted by Crippen LogP contribution is 2.29. The van der Waals surface area contributed by atoms with Crippen molar-refractivity contribution >= 4 is 17.3 Å². The summed E-state index contributed by atoms with van der Waals surface area (Å²) < 4.78 is 5.30. The van der Waals surface area contributed by atoms with Gasteiger partial charge in [0.05, 0.1) is 30.0 Å². The molecule has 0 radical (unpaired) electrons. The van der Waals surface area contributed by atoms with Gasteiger partial charge in [0.15, 0.2) is 0 Å². The zero-order valence-corrected chi connectivity index (χ0v) is 10.1. The maximum atomic E-state index is 9.46. The summed E-state index contributed by atoms with van der Waals surface area (Å²) in [5, 5.41) is 10.2. The van der Waals surface area contributed by atoms with Crippen LogP contribution in [0.1, 0.15) is 18.6 Å². The summed E-state index contributed by atoms with van der Waals surface area (Å²) in [6, 6.07) is 5.72. The van der Waals surface area contributed by atoms with E-state index >= 15 is 0 Å². The van der Waals surface area contributed by atoms with Crippen LogP contribution in [0.25, 0.3) is 0 Å². The van der Waals surface area contributed by atoms with E-state index < -0.39 is 6.10 Å². The summed E-state index contributed by atoms with van der Waals surface area (Å²) in [5.74, 6) is 0. The molecular formula is C12H16ClNO2. The second kappa shape index (κ2) is 5.04. The normalized spacial score (nSPS) is 18.6. The van der Waals surface area contributed by atoms with Crippen molar-refractivity contribution in [3.63, 3.8) is 0 Å². The van der Waals surface area contributed by atoms with Gasteiger partial charge in [0.1, 0.15) is 0 Å². The SMILES string of the molecule is C[C@@H](O)c1ccc(N2CCOCC2)c(Cl)c1. The molecule has 0 aliphatic carbocycles. The Hall–Kier alpha value is -0.770. The van der Waals surface area contributed by atoms with Crippen LogP contribution in [-0.4, -0.2) is 31.4 Å². The van der Waals surface area contributed by atoms with Gasteiger partial charge in [-0.1, -0.05) is 17.7 Å². The summed E-state index contributed by atoms with van der Waals surface area (Å²) >= 11 is 6.21. The Bertz CT molecular complexity index is 362. The van der Waals surface area contributed by atoms with Crippen molar-refractivity contribution < 1.29 is 9.84 Å². The molecule has 2 rings (SSSR count). The Balaban J connectivity index is 2.21. The summed E-state index contributed by atoms with van der Waals surface area (Å²) in [4.78, 5) is 2.21. The first-order chi connectivity index (χ1) is 7.68. The van der Waals surface area contributed by atoms with Gasteiger partial charge in [-0.25, -0.2) is 0 Å². The zero-order valence-electron chi connectivity index (χ0n) is 9.32. The second-order valence-electron chi connectivity index (χ2n) is 3.99. The molecule has 16 heavy (non-hydrogen) atoms. The highest BCUT2D eigenvalue weighted by Gasteiger charge is 2.14. The number of nitrogens with zero attached hydrogens (tertiary/aromatic N) is 1. The Kier molecular flexibility index (Phi) is 3.69. The Morgan fingerprint density at radius 2 is 2.06 bits per heavy atom. The smallest absolute Gasteiger partial charge is 0.0762 e. The lowest BCUT2D eigenvalue weighted by Gasteiger charge is -2.29. The first-order valence-corrected chi connectivity index (χ1v) is 5.86. The molecule has 88 valence electrons. The monoisotopic (exact) mass is 241 g/mol. The van der Waals surface area contributed by atoms with Crippen molar-refractivity contribution in [2.75, 3.05) is 31.2 Å². The number of morpholine rings is 1. The maximum Gasteiger partial charge on any atom is 0.0762 e. The van der Waals surface area contributed by atoms with E-state index in [0.29, 0.717) is 5.02 Å². The van der Waals surface area contributed by atoms with Crippen LogP contribution in [0.5, 0.6) is 0 Å². The molecule has 1 fully saturated rings. The van der Waals surface area contributed by atoms with E-state index in [1.54, 1.807) is 6.92 Å². The van der Waals surface area contributed by atoms with Crippen LogP contribution < -0.4 is 4.90 Å². The molecule has 0 unspecified atom stereocenters. The predicted octanol–water partition coefficient (Wildman–Crippen LogP) is 2.23. The molecule has 1 saturated heterocycles. The number of hydrogen-bond acceptors (Lipinski definition) is 3. The molecule has 1 aromatic carbocycles. The largest absolute Gasteiger partial charge is 0.389 e. The molecule has 1 aliphatic heterocycles. The third kappa shape index (κ3) is 2.48. The first kappa shape index (κ1) is 11.7. The Morgan fingerprint density at radius 1 is 1.38 bits per heavy atom. The maximum absolute atomic E-state index is 9.46. The number of rotatable bonds is 2. The van der Waals surface area contributed by atoms with Gasteiger partial charge in [-0.3, -0.25) is 0 Å². The van der Waals surface area contributed by atoms with Crippen LogP contribution in [0.4, 0.5) is 5.69 Å². The summed E-state index contributed by atoms with van der Waals surface area (Å²) in [6.07, 6.45) is -0.476. The zero-order chi connectivity index (χ0) is 11.5. The molecule has 1 aromatic rings. The van der Waals surface area contributed by atoms with Crippen molar-refractivity contribution in [2.24, 2.45) is 0 Å². The Labute approximate surface area is 101 Å². The molecule has 1 aliphatic rings. The lowest BCUT2D eigenvalue weighted by atomic mass is 10.1. The molecule has 0 saturated carbocycles. The number of ether oxygens (including phenoxy) is 1. The highest BCUT2D eigenvalue weighted by atomic mass is 35.5. The van der Waals surface area contributed by atoms with E-state index in [2.05, 4.69) is 4.90 Å². The van der Waals surface area contributed by atoms with Crippen LogP contribution in [0.15, 0.2) is 18.2 Å². The fourth-order valence-corrected chi connectivity index (χ4v) is 2.15. The standard InChI is InChI=1S/C12H16ClNO2/c1-9(15)10-2-3-12(11(13)8-10)14-4-6-16-7-5-14/h2-3,8-9,15H,4-7H2,1H3/t9-/m1/s1. The van der Waals surface area contributed by atoms with Crippen molar-refractivity contribution in [1.82, 2.24) is 0 Å². The quantitative estimate of drug-likeness (QED) is 0.862. The van der Waals surface area contributed by atoms with Gasteiger partial charge in [-0.05, 0) is 24.6 Å². The molecule has 0 aromatic heterocycles. The van der Waals surface area contributed by atoms with Gasteiger partial charge in [0.2, 0.25) is 0 Å². The summed E-state index contributed by atoms with van der Waals surface area (Å²) in [7, 11) is 0. The number of anilines is 1. The number of benzene rings is 1. The third-order valence-electron chi connectivity index (χ3n) is 2.81. The minimum absolute atomic E-state index is 0.476. The molecule has 1 heterocycles. The van der Waals surface area contributed by atoms with Crippen LogP contribution in [0.2, 0.25) is 5.02 Å². The van der Waals surface area contributed by atoms with Crippen molar-refractivity contribution in [3.05, 3.63) is 28.8 Å². The highest BCUT2D eigenvalue weighted by molar-refractivity contribution is 6.33. The van der Waals surface area contributed by atoms with Gasteiger partial charge in [0, 0.05) is 13.1 Å². The number of aliphatic hydroxyl groups excluding tert-OH is 1. The van der Waals surface area contributed by atoms with Crippen LogP contribution >= 0.6 is 11.6 Å². The van der Waals surface area contributed by atoms with Crippen LogP contribution in [0, 0.1) is 0 Å². The summed E-state index contributed by atoms with van der Waals surface area (Å²) in [5.41, 5.74) is 1.87. The average molecular weight is 242 g/mol. The molecule has 1 atom stereocenters. The predicted molar refractivity (Wildman–Crippen MR) is 65.1 cm³/mol. The number of aliphatic hydroxyl groups is 1. The fourth-order valence-electron chi connectivity index (χ4n) is 1.84. The minimum Gasteiger partial charge on any atom is -0.389 e. The van der Waals surface area contributed by atoms with Gasteiger partial charge in [0.25, 0.3) is 0 Å². The third-order valence-corrected chi connectivity index (χ3v) is 3.11. The van der Waals surface area contributed by atoms with E-state index in [9.17, 15) is 5.11 Å². The lowest BCUT2D eigenvalue weighted by Crippen LogP contribution is -2.36. The molecule has 3 nitrogen and oxygen atoms in total. The molecule has 0 spiro atoms. The number of halogens is 1. The first-order valence-electron chi connectivity index (χ1n) is 5.48. The average Bonchev–Trinajstić information content (AvgIpc) is 2.30. The summed E-state index contributed by atoms with van der Waals surface area (Å²) in [6.45, 7) is 4.96. The van der Waals surface area contributed by atoms with Crippen molar-refractivity contribution in [3.8, 4) is 0 Å². The van der Waals surface area contributed by atoms with E-state index in [0.717, 1.165) is 37.6 Å². The molecule has 0 amide bonds. The fraction of sp³-hybridized carbons (Fsp3) is 0.500. The molecule has 4 heteroatoms. The molecule has 1 N–H and O–H groups in total. The van der Waals surface area contributed by atoms with E-state index in [1.807, 2.05) is 18.2 Å².